The Labute approximate surface area is 162 Å². The van der Waals surface area contributed by atoms with Gasteiger partial charge in [0, 0.05) is 17.5 Å². The summed E-state index contributed by atoms with van der Waals surface area (Å²) in [6.07, 6.45) is 0. The van der Waals surface area contributed by atoms with E-state index in [1.165, 1.54) is 18.2 Å². The van der Waals surface area contributed by atoms with Gasteiger partial charge < -0.3 is 14.5 Å². The summed E-state index contributed by atoms with van der Waals surface area (Å²) in [4.78, 5) is 23.9. The highest BCUT2D eigenvalue weighted by Gasteiger charge is 2.18. The summed E-state index contributed by atoms with van der Waals surface area (Å²) in [5, 5.41) is 3.73. The molecule has 0 spiro atoms. The second kappa shape index (κ2) is 8.25. The summed E-state index contributed by atoms with van der Waals surface area (Å²) in [7, 11) is 0. The second-order valence-corrected chi connectivity index (χ2v) is 7.04. The van der Waals surface area contributed by atoms with E-state index in [-0.39, 0.29) is 30.3 Å². The minimum Gasteiger partial charge on any atom is -0.484 e. The Kier molecular flexibility index (Phi) is 5.78. The highest BCUT2D eigenvalue weighted by atomic mass is 19.1. The zero-order valence-electron chi connectivity index (χ0n) is 16.0. The number of ether oxygens (including phenoxy) is 1. The van der Waals surface area contributed by atoms with Crippen LogP contribution >= 0.6 is 0 Å². The summed E-state index contributed by atoms with van der Waals surface area (Å²) in [5.74, 6) is -0.0699. The highest BCUT2D eigenvalue weighted by molar-refractivity contribution is 5.82. The molecule has 5 nitrogen and oxygen atoms in total. The van der Waals surface area contributed by atoms with Crippen molar-refractivity contribution in [3.8, 4) is 5.75 Å². The Balaban J connectivity index is 1.68. The van der Waals surface area contributed by atoms with Crippen molar-refractivity contribution in [3.63, 3.8) is 0 Å². The van der Waals surface area contributed by atoms with Gasteiger partial charge in [-0.3, -0.25) is 4.79 Å². The molecule has 0 aliphatic carbocycles. The van der Waals surface area contributed by atoms with Crippen molar-refractivity contribution in [1.29, 1.82) is 0 Å². The van der Waals surface area contributed by atoms with Gasteiger partial charge in [-0.25, -0.2) is 9.18 Å². The van der Waals surface area contributed by atoms with Crippen LogP contribution in [0.3, 0.4) is 0 Å². The van der Waals surface area contributed by atoms with Gasteiger partial charge in [0.2, 0.25) is 0 Å². The molecular formula is C22H22FNO4. The third-order valence-electron chi connectivity index (χ3n) is 4.51. The molecule has 3 aromatic rings. The van der Waals surface area contributed by atoms with Gasteiger partial charge in [0.25, 0.3) is 5.91 Å². The fourth-order valence-electron chi connectivity index (χ4n) is 3.06. The molecule has 0 bridgehead atoms. The number of carbonyl (C=O) groups is 1. The molecule has 2 aromatic carbocycles. The molecule has 1 heterocycles. The van der Waals surface area contributed by atoms with Gasteiger partial charge in [0.1, 0.15) is 17.1 Å². The standard InChI is InChI=1S/C22H22FNO4/c1-13(2)22(15-4-6-16(23)7-5-15)24-20(25)12-27-17-8-9-18-14(3)10-21(26)28-19(18)11-17/h4-11,13,22H,12H2,1-3H3,(H,24,25)/t22-/m0/s1. The van der Waals surface area contributed by atoms with E-state index >= 15 is 0 Å². The first-order chi connectivity index (χ1) is 13.3. The molecule has 1 amide bonds. The smallest absolute Gasteiger partial charge is 0.336 e. The Morgan fingerprint density at radius 2 is 1.86 bits per heavy atom. The average Bonchev–Trinajstić information content (AvgIpc) is 2.64. The summed E-state index contributed by atoms with van der Waals surface area (Å²) in [6, 6.07) is 12.3. The second-order valence-electron chi connectivity index (χ2n) is 7.04. The summed E-state index contributed by atoms with van der Waals surface area (Å²) >= 11 is 0. The van der Waals surface area contributed by atoms with E-state index in [9.17, 15) is 14.0 Å². The summed E-state index contributed by atoms with van der Waals surface area (Å²) in [6.45, 7) is 5.59. The molecule has 0 radical (unpaired) electrons. The molecule has 1 atom stereocenters. The van der Waals surface area contributed by atoms with Crippen molar-refractivity contribution in [2.45, 2.75) is 26.8 Å². The number of nitrogens with one attached hydrogen (secondary N) is 1. The number of rotatable bonds is 6. The zero-order valence-corrected chi connectivity index (χ0v) is 16.0. The molecule has 3 rings (SSSR count). The number of aryl methyl sites for hydroxylation is 1. The van der Waals surface area contributed by atoms with Gasteiger partial charge >= 0.3 is 5.63 Å². The topological polar surface area (TPSA) is 68.5 Å². The van der Waals surface area contributed by atoms with E-state index in [2.05, 4.69) is 5.32 Å². The molecule has 0 fully saturated rings. The van der Waals surface area contributed by atoms with E-state index in [4.69, 9.17) is 9.15 Å². The van der Waals surface area contributed by atoms with Crippen molar-refractivity contribution >= 4 is 16.9 Å². The number of fused-ring (bicyclic) bond motifs is 1. The predicted molar refractivity (Wildman–Crippen MR) is 105 cm³/mol. The normalized spacial score (nSPS) is 12.2. The average molecular weight is 383 g/mol. The van der Waals surface area contributed by atoms with Crippen LogP contribution in [0, 0.1) is 18.7 Å². The molecule has 0 unspecified atom stereocenters. The number of halogens is 1. The number of carbonyl (C=O) groups excluding carboxylic acids is 1. The highest BCUT2D eigenvalue weighted by Crippen LogP contribution is 2.23. The minimum atomic E-state index is -0.432. The van der Waals surface area contributed by atoms with Crippen LogP contribution in [0.5, 0.6) is 5.75 Å². The minimum absolute atomic E-state index is 0.118. The lowest BCUT2D eigenvalue weighted by molar-refractivity contribution is -0.124. The molecule has 146 valence electrons. The largest absolute Gasteiger partial charge is 0.484 e. The van der Waals surface area contributed by atoms with Gasteiger partial charge in [-0.1, -0.05) is 26.0 Å². The van der Waals surface area contributed by atoms with Gasteiger partial charge in [0.05, 0.1) is 6.04 Å². The lowest BCUT2D eigenvalue weighted by Gasteiger charge is -2.23. The fourth-order valence-corrected chi connectivity index (χ4v) is 3.06. The van der Waals surface area contributed by atoms with E-state index in [1.54, 1.807) is 30.3 Å². The molecule has 28 heavy (non-hydrogen) atoms. The van der Waals surface area contributed by atoms with Gasteiger partial charge in [-0.2, -0.15) is 0 Å². The van der Waals surface area contributed by atoms with Crippen molar-refractivity contribution in [3.05, 3.63) is 75.9 Å². The molecule has 0 aliphatic rings. The molecule has 1 aromatic heterocycles. The number of hydrogen-bond acceptors (Lipinski definition) is 4. The van der Waals surface area contributed by atoms with Gasteiger partial charge in [0.15, 0.2) is 6.61 Å². The zero-order chi connectivity index (χ0) is 20.3. The maximum absolute atomic E-state index is 13.1. The van der Waals surface area contributed by atoms with Crippen LogP contribution in [0.1, 0.15) is 31.0 Å². The Hall–Kier alpha value is -3.15. The molecular weight excluding hydrogens is 361 g/mol. The Morgan fingerprint density at radius 1 is 1.14 bits per heavy atom. The number of amides is 1. The maximum atomic E-state index is 13.1. The summed E-state index contributed by atoms with van der Waals surface area (Å²) < 4.78 is 23.9. The first-order valence-electron chi connectivity index (χ1n) is 9.05. The lowest BCUT2D eigenvalue weighted by Crippen LogP contribution is -2.35. The molecule has 0 aliphatic heterocycles. The van der Waals surface area contributed by atoms with Crippen molar-refractivity contribution < 1.29 is 18.3 Å². The maximum Gasteiger partial charge on any atom is 0.336 e. The lowest BCUT2D eigenvalue weighted by atomic mass is 9.96. The van der Waals surface area contributed by atoms with E-state index in [1.807, 2.05) is 20.8 Å². The van der Waals surface area contributed by atoms with Crippen LogP contribution in [-0.4, -0.2) is 12.5 Å². The number of hydrogen-bond donors (Lipinski definition) is 1. The van der Waals surface area contributed by atoms with Crippen molar-refractivity contribution in [2.24, 2.45) is 5.92 Å². The van der Waals surface area contributed by atoms with Crippen LogP contribution in [0.25, 0.3) is 11.0 Å². The summed E-state index contributed by atoms with van der Waals surface area (Å²) in [5.41, 5.74) is 1.62. The monoisotopic (exact) mass is 383 g/mol. The van der Waals surface area contributed by atoms with E-state index < -0.39 is 5.63 Å². The van der Waals surface area contributed by atoms with Crippen molar-refractivity contribution in [2.75, 3.05) is 6.61 Å². The van der Waals surface area contributed by atoms with Crippen LogP contribution in [0.2, 0.25) is 0 Å². The molecule has 0 saturated carbocycles. The Bertz CT molecular complexity index is 1040. The first-order valence-corrected chi connectivity index (χ1v) is 9.05. The SMILES string of the molecule is Cc1cc(=O)oc2cc(OCC(=O)N[C@H](c3ccc(F)cc3)C(C)C)ccc12. The third-order valence-corrected chi connectivity index (χ3v) is 4.51. The van der Waals surface area contributed by atoms with Crippen LogP contribution in [0.15, 0.2) is 57.7 Å². The quantitative estimate of drug-likeness (QED) is 0.650. The van der Waals surface area contributed by atoms with Crippen LogP contribution in [0.4, 0.5) is 4.39 Å². The number of benzene rings is 2. The van der Waals surface area contributed by atoms with Crippen molar-refractivity contribution in [1.82, 2.24) is 5.32 Å². The van der Waals surface area contributed by atoms with Crippen LogP contribution in [-0.2, 0) is 4.79 Å². The predicted octanol–water partition coefficient (Wildman–Crippen LogP) is 4.13. The van der Waals surface area contributed by atoms with E-state index in [0.29, 0.717) is 11.3 Å². The first kappa shape index (κ1) is 19.6. The molecule has 0 saturated heterocycles. The molecule has 1 N–H and O–H groups in total. The third kappa shape index (κ3) is 4.57. The van der Waals surface area contributed by atoms with Gasteiger partial charge in [-0.05, 0) is 48.2 Å². The van der Waals surface area contributed by atoms with Crippen LogP contribution < -0.4 is 15.7 Å². The fraction of sp³-hybridized carbons (Fsp3) is 0.273. The van der Waals surface area contributed by atoms with Gasteiger partial charge in [-0.15, -0.1) is 0 Å². The van der Waals surface area contributed by atoms with E-state index in [0.717, 1.165) is 16.5 Å². The molecule has 6 heteroatoms. The Morgan fingerprint density at radius 3 is 2.54 bits per heavy atom.